The van der Waals surface area contributed by atoms with Gasteiger partial charge in [-0.1, -0.05) is 0 Å². The molecule has 0 amide bonds. The summed E-state index contributed by atoms with van der Waals surface area (Å²) in [7, 11) is 1.80. The Kier molecular flexibility index (Phi) is 3.59. The molecule has 76 valence electrons. The molecule has 1 unspecified atom stereocenters. The molecule has 0 saturated heterocycles. The van der Waals surface area contributed by atoms with E-state index in [4.69, 9.17) is 10.5 Å². The SMILES string of the molecule is CC(CC#N)N(C)c1nccnc1C#N. The highest BCUT2D eigenvalue weighted by atomic mass is 15.2. The van der Waals surface area contributed by atoms with Crippen LogP contribution in [-0.4, -0.2) is 23.1 Å². The molecule has 1 rings (SSSR count). The summed E-state index contributed by atoms with van der Waals surface area (Å²) in [6.45, 7) is 1.90. The number of nitriles is 2. The smallest absolute Gasteiger partial charge is 0.183 e. The van der Waals surface area contributed by atoms with Crippen molar-refractivity contribution in [2.75, 3.05) is 11.9 Å². The van der Waals surface area contributed by atoms with Crippen molar-refractivity contribution in [3.63, 3.8) is 0 Å². The van der Waals surface area contributed by atoms with Crippen molar-refractivity contribution in [1.82, 2.24) is 9.97 Å². The molecule has 1 aromatic rings. The molecule has 0 aliphatic rings. The lowest BCUT2D eigenvalue weighted by atomic mass is 10.2. The Labute approximate surface area is 88.6 Å². The van der Waals surface area contributed by atoms with Crippen molar-refractivity contribution in [3.05, 3.63) is 18.1 Å². The molecule has 0 aromatic carbocycles. The van der Waals surface area contributed by atoms with E-state index in [2.05, 4.69) is 16.0 Å². The summed E-state index contributed by atoms with van der Waals surface area (Å²) in [6.07, 6.45) is 3.40. The number of hydrogen-bond donors (Lipinski definition) is 0. The second-order valence-corrected chi connectivity index (χ2v) is 3.16. The summed E-state index contributed by atoms with van der Waals surface area (Å²) >= 11 is 0. The van der Waals surface area contributed by atoms with E-state index in [0.717, 1.165) is 0 Å². The summed E-state index contributed by atoms with van der Waals surface area (Å²) in [5, 5.41) is 17.4. The van der Waals surface area contributed by atoms with E-state index in [1.54, 1.807) is 11.9 Å². The summed E-state index contributed by atoms with van der Waals surface area (Å²) < 4.78 is 0. The van der Waals surface area contributed by atoms with Gasteiger partial charge in [0.05, 0.1) is 12.5 Å². The minimum absolute atomic E-state index is 0.0128. The Bertz CT molecular complexity index is 415. The van der Waals surface area contributed by atoms with Crippen LogP contribution in [0.15, 0.2) is 12.4 Å². The molecule has 0 bridgehead atoms. The van der Waals surface area contributed by atoms with Crippen molar-refractivity contribution >= 4 is 5.82 Å². The van der Waals surface area contributed by atoms with Crippen LogP contribution < -0.4 is 4.90 Å². The van der Waals surface area contributed by atoms with Crippen molar-refractivity contribution in [1.29, 1.82) is 10.5 Å². The van der Waals surface area contributed by atoms with Crippen molar-refractivity contribution in [2.45, 2.75) is 19.4 Å². The molecule has 0 fully saturated rings. The van der Waals surface area contributed by atoms with Gasteiger partial charge in [0.25, 0.3) is 0 Å². The highest BCUT2D eigenvalue weighted by Gasteiger charge is 2.14. The van der Waals surface area contributed by atoms with Crippen LogP contribution in [0.2, 0.25) is 0 Å². The van der Waals surface area contributed by atoms with E-state index in [9.17, 15) is 0 Å². The van der Waals surface area contributed by atoms with Gasteiger partial charge in [-0.15, -0.1) is 0 Å². The predicted octanol–water partition coefficient (Wildman–Crippen LogP) is 1.09. The molecule has 0 spiro atoms. The maximum Gasteiger partial charge on any atom is 0.183 e. The highest BCUT2D eigenvalue weighted by molar-refractivity contribution is 5.49. The van der Waals surface area contributed by atoms with E-state index in [-0.39, 0.29) is 11.7 Å². The van der Waals surface area contributed by atoms with Crippen molar-refractivity contribution < 1.29 is 0 Å². The average Bonchev–Trinajstić information content (AvgIpc) is 2.28. The van der Waals surface area contributed by atoms with E-state index < -0.39 is 0 Å². The zero-order chi connectivity index (χ0) is 11.3. The minimum atomic E-state index is 0.0128. The zero-order valence-electron chi connectivity index (χ0n) is 8.68. The minimum Gasteiger partial charge on any atom is -0.354 e. The van der Waals surface area contributed by atoms with Crippen LogP contribution in [0.1, 0.15) is 19.0 Å². The largest absolute Gasteiger partial charge is 0.354 e. The van der Waals surface area contributed by atoms with Gasteiger partial charge in [0, 0.05) is 25.5 Å². The summed E-state index contributed by atoms with van der Waals surface area (Å²) in [6, 6.07) is 4.07. The number of nitrogens with zero attached hydrogens (tertiary/aromatic N) is 5. The van der Waals surface area contributed by atoms with Crippen LogP contribution in [0.25, 0.3) is 0 Å². The second kappa shape index (κ2) is 4.92. The maximum absolute atomic E-state index is 8.83. The van der Waals surface area contributed by atoms with Crippen LogP contribution in [0.4, 0.5) is 5.82 Å². The Morgan fingerprint density at radius 2 is 2.07 bits per heavy atom. The van der Waals surface area contributed by atoms with E-state index in [0.29, 0.717) is 12.2 Å². The van der Waals surface area contributed by atoms with Crippen LogP contribution in [0, 0.1) is 22.7 Å². The molecule has 0 N–H and O–H groups in total. The number of hydrogen-bond acceptors (Lipinski definition) is 5. The summed E-state index contributed by atoms with van der Waals surface area (Å²) in [4.78, 5) is 9.78. The first-order valence-electron chi connectivity index (χ1n) is 4.51. The molecule has 5 nitrogen and oxygen atoms in total. The molecular weight excluding hydrogens is 190 g/mol. The number of anilines is 1. The van der Waals surface area contributed by atoms with Gasteiger partial charge in [0.2, 0.25) is 0 Å². The first kappa shape index (κ1) is 10.9. The summed E-state index contributed by atoms with van der Waals surface area (Å²) in [5.41, 5.74) is 0.282. The standard InChI is InChI=1S/C10H11N5/c1-8(3-4-11)15(2)10-9(7-12)13-5-6-14-10/h5-6,8H,3H2,1-2H3. The van der Waals surface area contributed by atoms with Gasteiger partial charge < -0.3 is 4.90 Å². The van der Waals surface area contributed by atoms with Gasteiger partial charge in [-0.05, 0) is 6.92 Å². The normalized spacial score (nSPS) is 11.2. The van der Waals surface area contributed by atoms with Gasteiger partial charge in [-0.3, -0.25) is 0 Å². The van der Waals surface area contributed by atoms with E-state index in [1.165, 1.54) is 12.4 Å². The van der Waals surface area contributed by atoms with Gasteiger partial charge in [-0.25, -0.2) is 9.97 Å². The molecule has 1 heterocycles. The molecule has 0 aliphatic carbocycles. The van der Waals surface area contributed by atoms with Gasteiger partial charge in [0.1, 0.15) is 6.07 Å². The number of aromatic nitrogens is 2. The quantitative estimate of drug-likeness (QED) is 0.731. The molecule has 5 heteroatoms. The van der Waals surface area contributed by atoms with Crippen LogP contribution in [0.5, 0.6) is 0 Å². The fourth-order valence-corrected chi connectivity index (χ4v) is 1.15. The monoisotopic (exact) mass is 201 g/mol. The van der Waals surface area contributed by atoms with Crippen molar-refractivity contribution in [2.24, 2.45) is 0 Å². The Hall–Kier alpha value is -2.14. The molecule has 1 atom stereocenters. The van der Waals surface area contributed by atoms with Crippen LogP contribution in [-0.2, 0) is 0 Å². The Morgan fingerprint density at radius 3 is 2.67 bits per heavy atom. The van der Waals surface area contributed by atoms with Crippen LogP contribution >= 0.6 is 0 Å². The summed E-state index contributed by atoms with van der Waals surface area (Å²) in [5.74, 6) is 0.516. The fourth-order valence-electron chi connectivity index (χ4n) is 1.15. The van der Waals surface area contributed by atoms with Gasteiger partial charge in [0.15, 0.2) is 11.5 Å². The third kappa shape index (κ3) is 2.41. The Balaban J connectivity index is 2.97. The zero-order valence-corrected chi connectivity index (χ0v) is 8.68. The maximum atomic E-state index is 8.83. The van der Waals surface area contributed by atoms with E-state index >= 15 is 0 Å². The molecule has 0 aliphatic heterocycles. The molecular formula is C10H11N5. The van der Waals surface area contributed by atoms with E-state index in [1.807, 2.05) is 13.0 Å². The van der Waals surface area contributed by atoms with Gasteiger partial charge in [-0.2, -0.15) is 10.5 Å². The third-order valence-electron chi connectivity index (χ3n) is 2.17. The Morgan fingerprint density at radius 1 is 1.40 bits per heavy atom. The molecule has 0 radical (unpaired) electrons. The molecule has 1 aromatic heterocycles. The first-order chi connectivity index (χ1) is 7.20. The van der Waals surface area contributed by atoms with Crippen molar-refractivity contribution in [3.8, 4) is 12.1 Å². The fraction of sp³-hybridized carbons (Fsp3) is 0.400. The lowest BCUT2D eigenvalue weighted by Gasteiger charge is -2.23. The molecule has 0 saturated carbocycles. The van der Waals surface area contributed by atoms with Crippen LogP contribution in [0.3, 0.4) is 0 Å². The molecule has 15 heavy (non-hydrogen) atoms. The second-order valence-electron chi connectivity index (χ2n) is 3.16. The highest BCUT2D eigenvalue weighted by Crippen LogP contribution is 2.15. The topological polar surface area (TPSA) is 76.6 Å². The average molecular weight is 201 g/mol. The third-order valence-corrected chi connectivity index (χ3v) is 2.17. The van der Waals surface area contributed by atoms with Gasteiger partial charge >= 0.3 is 0 Å². The predicted molar refractivity (Wildman–Crippen MR) is 54.8 cm³/mol. The lowest BCUT2D eigenvalue weighted by molar-refractivity contribution is 0.691. The lowest BCUT2D eigenvalue weighted by Crippen LogP contribution is -2.30. The number of rotatable bonds is 3. The first-order valence-corrected chi connectivity index (χ1v) is 4.51.